The zero-order valence-electron chi connectivity index (χ0n) is 7.83. The zero-order chi connectivity index (χ0) is 10.4. The third-order valence-corrected chi connectivity index (χ3v) is 1.85. The molecule has 0 bridgehead atoms. The van der Waals surface area contributed by atoms with Crippen molar-refractivity contribution in [2.24, 2.45) is 0 Å². The van der Waals surface area contributed by atoms with Gasteiger partial charge in [0.05, 0.1) is 10.7 Å². The van der Waals surface area contributed by atoms with Gasteiger partial charge in [-0.2, -0.15) is 0 Å². The Morgan fingerprint density at radius 2 is 2.50 bits per heavy atom. The quantitative estimate of drug-likeness (QED) is 0.828. The second-order valence-electron chi connectivity index (χ2n) is 2.71. The SMILES string of the molecule is CC(=O)NCC=Cc1ncccc1Cl. The van der Waals surface area contributed by atoms with Gasteiger partial charge in [0.25, 0.3) is 0 Å². The summed E-state index contributed by atoms with van der Waals surface area (Å²) in [6, 6.07) is 3.54. The molecule has 0 aliphatic carbocycles. The van der Waals surface area contributed by atoms with Gasteiger partial charge >= 0.3 is 0 Å². The molecular weight excluding hydrogens is 200 g/mol. The Morgan fingerprint density at radius 3 is 3.14 bits per heavy atom. The van der Waals surface area contributed by atoms with Gasteiger partial charge in [0, 0.05) is 19.7 Å². The number of hydrogen-bond donors (Lipinski definition) is 1. The summed E-state index contributed by atoms with van der Waals surface area (Å²) in [5.74, 6) is -0.0539. The number of pyridine rings is 1. The van der Waals surface area contributed by atoms with Crippen LogP contribution in [-0.2, 0) is 4.79 Å². The molecule has 4 heteroatoms. The standard InChI is InChI=1S/C10H11ClN2O/c1-8(14)12-6-3-5-10-9(11)4-2-7-13-10/h2-5,7H,6H2,1H3,(H,12,14). The van der Waals surface area contributed by atoms with Crippen molar-refractivity contribution in [1.82, 2.24) is 10.3 Å². The van der Waals surface area contributed by atoms with Crippen molar-refractivity contribution in [2.75, 3.05) is 6.54 Å². The molecule has 0 fully saturated rings. The van der Waals surface area contributed by atoms with E-state index in [-0.39, 0.29) is 5.91 Å². The Labute approximate surface area is 87.8 Å². The highest BCUT2D eigenvalue weighted by molar-refractivity contribution is 6.31. The maximum Gasteiger partial charge on any atom is 0.217 e. The maximum absolute atomic E-state index is 10.5. The van der Waals surface area contributed by atoms with Crippen molar-refractivity contribution in [3.8, 4) is 0 Å². The first-order valence-electron chi connectivity index (χ1n) is 4.21. The first kappa shape index (κ1) is 10.7. The largest absolute Gasteiger partial charge is 0.353 e. The zero-order valence-corrected chi connectivity index (χ0v) is 8.58. The second-order valence-corrected chi connectivity index (χ2v) is 3.12. The molecule has 1 heterocycles. The number of amides is 1. The van der Waals surface area contributed by atoms with Crippen LogP contribution in [0.25, 0.3) is 6.08 Å². The molecule has 0 atom stereocenters. The van der Waals surface area contributed by atoms with Gasteiger partial charge in [0.15, 0.2) is 0 Å². The van der Waals surface area contributed by atoms with E-state index in [1.165, 1.54) is 6.92 Å². The van der Waals surface area contributed by atoms with Gasteiger partial charge in [-0.15, -0.1) is 0 Å². The fourth-order valence-corrected chi connectivity index (χ4v) is 1.08. The monoisotopic (exact) mass is 210 g/mol. The summed E-state index contributed by atoms with van der Waals surface area (Å²) in [6.07, 6.45) is 5.25. The van der Waals surface area contributed by atoms with Crippen LogP contribution in [0.15, 0.2) is 24.4 Å². The summed E-state index contributed by atoms with van der Waals surface area (Å²) in [7, 11) is 0. The van der Waals surface area contributed by atoms with Gasteiger partial charge in [-0.05, 0) is 18.2 Å². The number of rotatable bonds is 3. The van der Waals surface area contributed by atoms with E-state index in [9.17, 15) is 4.79 Å². The molecule has 0 aliphatic rings. The van der Waals surface area contributed by atoms with Crippen molar-refractivity contribution in [3.63, 3.8) is 0 Å². The van der Waals surface area contributed by atoms with Crippen molar-refractivity contribution >= 4 is 23.6 Å². The van der Waals surface area contributed by atoms with Crippen LogP contribution in [0.5, 0.6) is 0 Å². The lowest BCUT2D eigenvalue weighted by Gasteiger charge is -1.96. The average molecular weight is 211 g/mol. The lowest BCUT2D eigenvalue weighted by Crippen LogP contribution is -2.19. The second kappa shape index (κ2) is 5.40. The number of carbonyl (C=O) groups excluding carboxylic acids is 1. The highest BCUT2D eigenvalue weighted by Gasteiger charge is 1.94. The van der Waals surface area contributed by atoms with E-state index in [4.69, 9.17) is 11.6 Å². The molecule has 0 aromatic carbocycles. The number of nitrogens with zero attached hydrogens (tertiary/aromatic N) is 1. The lowest BCUT2D eigenvalue weighted by molar-refractivity contribution is -0.118. The van der Waals surface area contributed by atoms with Gasteiger partial charge in [-0.3, -0.25) is 9.78 Å². The van der Waals surface area contributed by atoms with Gasteiger partial charge in [-0.25, -0.2) is 0 Å². The Kier molecular flexibility index (Phi) is 4.13. The van der Waals surface area contributed by atoms with Crippen molar-refractivity contribution in [2.45, 2.75) is 6.92 Å². The first-order valence-corrected chi connectivity index (χ1v) is 4.59. The highest BCUT2D eigenvalue weighted by Crippen LogP contribution is 2.12. The van der Waals surface area contributed by atoms with Crippen molar-refractivity contribution < 1.29 is 4.79 Å². The summed E-state index contributed by atoms with van der Waals surface area (Å²) in [4.78, 5) is 14.6. The number of aromatic nitrogens is 1. The number of halogens is 1. The van der Waals surface area contributed by atoms with Crippen LogP contribution < -0.4 is 5.32 Å². The number of nitrogens with one attached hydrogen (secondary N) is 1. The lowest BCUT2D eigenvalue weighted by atomic mass is 10.3. The summed E-state index contributed by atoms with van der Waals surface area (Å²) >= 11 is 5.86. The van der Waals surface area contributed by atoms with Gasteiger partial charge < -0.3 is 5.32 Å². The van der Waals surface area contributed by atoms with Crippen LogP contribution in [0.2, 0.25) is 5.02 Å². The summed E-state index contributed by atoms with van der Waals surface area (Å²) in [5, 5.41) is 3.24. The van der Waals surface area contributed by atoms with Crippen molar-refractivity contribution in [3.05, 3.63) is 35.1 Å². The topological polar surface area (TPSA) is 42.0 Å². The van der Waals surface area contributed by atoms with Crippen molar-refractivity contribution in [1.29, 1.82) is 0 Å². The van der Waals surface area contributed by atoms with E-state index in [0.717, 1.165) is 0 Å². The Bertz CT molecular complexity index is 350. The maximum atomic E-state index is 10.5. The predicted octanol–water partition coefficient (Wildman–Crippen LogP) is 1.88. The molecule has 0 radical (unpaired) electrons. The van der Waals surface area contributed by atoms with Gasteiger partial charge in [0.2, 0.25) is 5.91 Å². The molecule has 74 valence electrons. The van der Waals surface area contributed by atoms with E-state index in [1.807, 2.05) is 0 Å². The molecule has 0 saturated heterocycles. The normalized spacial score (nSPS) is 10.4. The average Bonchev–Trinajstić information content (AvgIpc) is 2.15. The molecule has 14 heavy (non-hydrogen) atoms. The minimum atomic E-state index is -0.0539. The summed E-state index contributed by atoms with van der Waals surface area (Å²) in [5.41, 5.74) is 0.708. The van der Waals surface area contributed by atoms with Crippen LogP contribution in [0.3, 0.4) is 0 Å². The third kappa shape index (κ3) is 3.58. The molecule has 0 spiro atoms. The molecule has 0 unspecified atom stereocenters. The third-order valence-electron chi connectivity index (χ3n) is 1.53. The molecule has 3 nitrogen and oxygen atoms in total. The van der Waals surface area contributed by atoms with Gasteiger partial charge in [-0.1, -0.05) is 17.7 Å². The van der Waals surface area contributed by atoms with E-state index in [0.29, 0.717) is 17.3 Å². The molecule has 0 saturated carbocycles. The number of hydrogen-bond acceptors (Lipinski definition) is 2. The fraction of sp³-hybridized carbons (Fsp3) is 0.200. The molecule has 1 N–H and O–H groups in total. The van der Waals surface area contributed by atoms with Crippen LogP contribution >= 0.6 is 11.6 Å². The van der Waals surface area contributed by atoms with E-state index >= 15 is 0 Å². The van der Waals surface area contributed by atoms with Crippen LogP contribution in [0, 0.1) is 0 Å². The number of carbonyl (C=O) groups is 1. The molecule has 1 rings (SSSR count). The van der Waals surface area contributed by atoms with Crippen LogP contribution in [0.4, 0.5) is 0 Å². The minimum absolute atomic E-state index is 0.0539. The summed E-state index contributed by atoms with van der Waals surface area (Å²) in [6.45, 7) is 1.96. The molecule has 1 amide bonds. The first-order chi connectivity index (χ1) is 6.70. The minimum Gasteiger partial charge on any atom is -0.353 e. The van der Waals surface area contributed by atoms with E-state index < -0.39 is 0 Å². The summed E-state index contributed by atoms with van der Waals surface area (Å²) < 4.78 is 0. The Morgan fingerprint density at radius 1 is 1.71 bits per heavy atom. The Balaban J connectivity index is 2.52. The molecule has 1 aromatic heterocycles. The molecular formula is C10H11ClN2O. The predicted molar refractivity (Wildman–Crippen MR) is 57.0 cm³/mol. The van der Waals surface area contributed by atoms with Crippen LogP contribution in [0.1, 0.15) is 12.6 Å². The fourth-order valence-electron chi connectivity index (χ4n) is 0.894. The van der Waals surface area contributed by atoms with Crippen LogP contribution in [-0.4, -0.2) is 17.4 Å². The van der Waals surface area contributed by atoms with Gasteiger partial charge in [0.1, 0.15) is 0 Å². The van der Waals surface area contributed by atoms with E-state index in [1.54, 1.807) is 30.5 Å². The smallest absolute Gasteiger partial charge is 0.217 e. The molecule has 1 aromatic rings. The molecule has 0 aliphatic heterocycles. The highest BCUT2D eigenvalue weighted by atomic mass is 35.5. The Hall–Kier alpha value is -1.35. The van der Waals surface area contributed by atoms with E-state index in [2.05, 4.69) is 10.3 Å².